The fraction of sp³-hybridized carbons (Fsp3) is 0.154. The summed E-state index contributed by atoms with van der Waals surface area (Å²) in [4.78, 5) is 16.9. The fourth-order valence-electron chi connectivity index (χ4n) is 1.90. The van der Waals surface area contributed by atoms with Crippen LogP contribution >= 0.6 is 22.9 Å². The Balaban J connectivity index is 1.97. The van der Waals surface area contributed by atoms with Crippen molar-refractivity contribution in [1.82, 2.24) is 9.36 Å². The molecule has 1 aromatic carbocycles. The molecular formula is C13H12N4OS2. The minimum atomic E-state index is -0.238. The molecule has 0 saturated carbocycles. The van der Waals surface area contributed by atoms with Crippen molar-refractivity contribution in [2.45, 2.75) is 13.8 Å². The Morgan fingerprint density at radius 3 is 2.85 bits per heavy atom. The number of rotatable bonds is 2. The van der Waals surface area contributed by atoms with Crippen LogP contribution in [0, 0.1) is 13.8 Å². The van der Waals surface area contributed by atoms with Crippen molar-refractivity contribution < 1.29 is 4.79 Å². The third kappa shape index (κ3) is 2.25. The lowest BCUT2D eigenvalue weighted by Gasteiger charge is -1.99. The molecule has 3 rings (SSSR count). The van der Waals surface area contributed by atoms with Gasteiger partial charge in [0.1, 0.15) is 10.7 Å². The third-order valence-corrected chi connectivity index (χ3v) is 4.74. The minimum Gasteiger partial charge on any atom is -0.397 e. The molecule has 0 fully saturated rings. The molecule has 102 valence electrons. The lowest BCUT2D eigenvalue weighted by molar-refractivity contribution is 0.103. The summed E-state index contributed by atoms with van der Waals surface area (Å²) in [7, 11) is 0. The number of aromatic nitrogens is 2. The summed E-state index contributed by atoms with van der Waals surface area (Å²) in [6.07, 6.45) is 0. The molecule has 0 aliphatic carbocycles. The van der Waals surface area contributed by atoms with Gasteiger partial charge >= 0.3 is 0 Å². The number of aryl methyl sites for hydroxylation is 2. The summed E-state index contributed by atoms with van der Waals surface area (Å²) in [6, 6.07) is 5.98. The Labute approximate surface area is 123 Å². The van der Waals surface area contributed by atoms with Crippen LogP contribution in [0.5, 0.6) is 0 Å². The molecule has 5 nitrogen and oxygen atoms in total. The van der Waals surface area contributed by atoms with Crippen molar-refractivity contribution in [2.75, 3.05) is 11.1 Å². The van der Waals surface area contributed by atoms with Crippen LogP contribution in [0.4, 0.5) is 10.8 Å². The minimum absolute atomic E-state index is 0.238. The topological polar surface area (TPSA) is 80.9 Å². The van der Waals surface area contributed by atoms with Crippen molar-refractivity contribution in [3.05, 3.63) is 34.5 Å². The zero-order valence-corrected chi connectivity index (χ0v) is 12.6. The quantitative estimate of drug-likeness (QED) is 0.762. The van der Waals surface area contributed by atoms with E-state index in [1.54, 1.807) is 6.92 Å². The van der Waals surface area contributed by atoms with E-state index in [4.69, 9.17) is 5.73 Å². The molecule has 20 heavy (non-hydrogen) atoms. The number of benzene rings is 1. The molecule has 3 N–H and O–H groups in total. The number of nitrogens with two attached hydrogens (primary N) is 1. The number of carbonyl (C=O) groups is 1. The zero-order valence-electron chi connectivity index (χ0n) is 10.9. The summed E-state index contributed by atoms with van der Waals surface area (Å²) in [5.41, 5.74) is 7.72. The second kappa shape index (κ2) is 4.84. The number of fused-ring (bicyclic) bond motifs is 1. The van der Waals surface area contributed by atoms with Gasteiger partial charge in [0.25, 0.3) is 5.91 Å². The van der Waals surface area contributed by atoms with Crippen molar-refractivity contribution in [3.8, 4) is 0 Å². The molecule has 0 aliphatic rings. The van der Waals surface area contributed by atoms with E-state index in [-0.39, 0.29) is 5.91 Å². The molecule has 0 bridgehead atoms. The molecule has 0 unspecified atom stereocenters. The summed E-state index contributed by atoms with van der Waals surface area (Å²) < 4.78 is 5.03. The lowest BCUT2D eigenvalue weighted by Crippen LogP contribution is -2.11. The molecule has 2 heterocycles. The number of hydrogen-bond acceptors (Lipinski definition) is 6. The SMILES string of the molecule is Cc1ccc2sc(C(=O)Nc3nc(C)ns3)c(N)c2c1. The summed E-state index contributed by atoms with van der Waals surface area (Å²) in [5.74, 6) is 0.405. The second-order valence-corrected chi connectivity index (χ2v) is 6.25. The molecule has 1 amide bonds. The molecule has 0 spiro atoms. The molecule has 2 aromatic heterocycles. The maximum atomic E-state index is 12.3. The van der Waals surface area contributed by atoms with Crippen LogP contribution in [-0.4, -0.2) is 15.3 Å². The van der Waals surface area contributed by atoms with E-state index in [2.05, 4.69) is 14.7 Å². The van der Waals surface area contributed by atoms with Gasteiger partial charge in [-0.1, -0.05) is 11.6 Å². The van der Waals surface area contributed by atoms with Gasteiger partial charge in [0, 0.05) is 21.6 Å². The van der Waals surface area contributed by atoms with Gasteiger partial charge < -0.3 is 5.73 Å². The molecule has 0 aliphatic heterocycles. The number of nitrogen functional groups attached to an aromatic ring is 1. The Bertz CT molecular complexity index is 806. The Hall–Kier alpha value is -1.99. The van der Waals surface area contributed by atoms with E-state index in [9.17, 15) is 4.79 Å². The highest BCUT2D eigenvalue weighted by Gasteiger charge is 2.17. The van der Waals surface area contributed by atoms with Crippen LogP contribution in [0.2, 0.25) is 0 Å². The van der Waals surface area contributed by atoms with Crippen LogP contribution in [0.1, 0.15) is 21.1 Å². The van der Waals surface area contributed by atoms with Gasteiger partial charge in [-0.15, -0.1) is 11.3 Å². The fourth-order valence-corrected chi connectivity index (χ4v) is 3.47. The number of hydrogen-bond donors (Lipinski definition) is 2. The van der Waals surface area contributed by atoms with E-state index in [1.807, 2.05) is 25.1 Å². The number of carbonyl (C=O) groups excluding carboxylic acids is 1. The molecule has 0 atom stereocenters. The molecule has 3 aromatic rings. The maximum Gasteiger partial charge on any atom is 0.269 e. The average molecular weight is 304 g/mol. The Morgan fingerprint density at radius 1 is 1.35 bits per heavy atom. The highest BCUT2D eigenvalue weighted by atomic mass is 32.1. The number of nitrogens with one attached hydrogen (secondary N) is 1. The van der Waals surface area contributed by atoms with E-state index in [0.29, 0.717) is 21.5 Å². The monoisotopic (exact) mass is 304 g/mol. The van der Waals surface area contributed by atoms with Gasteiger partial charge in [0.05, 0.1) is 5.69 Å². The average Bonchev–Trinajstić information content (AvgIpc) is 2.94. The van der Waals surface area contributed by atoms with Crippen LogP contribution < -0.4 is 11.1 Å². The first-order valence-corrected chi connectivity index (χ1v) is 7.54. The smallest absolute Gasteiger partial charge is 0.269 e. The van der Waals surface area contributed by atoms with Crippen molar-refractivity contribution in [1.29, 1.82) is 0 Å². The standard InChI is InChI=1S/C13H12N4OS2/c1-6-3-4-9-8(5-6)10(14)11(19-9)12(18)16-13-15-7(2)17-20-13/h3-5H,14H2,1-2H3,(H,15,16,17,18). The molecule has 0 radical (unpaired) electrons. The van der Waals surface area contributed by atoms with Gasteiger partial charge in [-0.3, -0.25) is 10.1 Å². The maximum absolute atomic E-state index is 12.3. The Morgan fingerprint density at radius 2 is 2.15 bits per heavy atom. The van der Waals surface area contributed by atoms with Crippen LogP contribution in [0.25, 0.3) is 10.1 Å². The number of amides is 1. The van der Waals surface area contributed by atoms with Crippen LogP contribution in [0.3, 0.4) is 0 Å². The normalized spacial score (nSPS) is 10.9. The summed E-state index contributed by atoms with van der Waals surface area (Å²) in [5, 5.41) is 4.14. The lowest BCUT2D eigenvalue weighted by atomic mass is 10.1. The van der Waals surface area contributed by atoms with Crippen LogP contribution in [0.15, 0.2) is 18.2 Å². The van der Waals surface area contributed by atoms with Gasteiger partial charge in [0.2, 0.25) is 5.13 Å². The number of thiophene rings is 1. The first-order chi connectivity index (χ1) is 9.54. The van der Waals surface area contributed by atoms with Crippen molar-refractivity contribution in [3.63, 3.8) is 0 Å². The summed E-state index contributed by atoms with van der Waals surface area (Å²) in [6.45, 7) is 3.78. The van der Waals surface area contributed by atoms with Crippen molar-refractivity contribution >= 4 is 49.7 Å². The number of anilines is 2. The van der Waals surface area contributed by atoms with Gasteiger partial charge in [0.15, 0.2) is 0 Å². The molecule has 7 heteroatoms. The van der Waals surface area contributed by atoms with Crippen LogP contribution in [-0.2, 0) is 0 Å². The van der Waals surface area contributed by atoms with E-state index in [0.717, 1.165) is 27.2 Å². The van der Waals surface area contributed by atoms with E-state index in [1.165, 1.54) is 11.3 Å². The first-order valence-electron chi connectivity index (χ1n) is 5.95. The Kier molecular flexibility index (Phi) is 3.15. The highest BCUT2D eigenvalue weighted by molar-refractivity contribution is 7.21. The molecular weight excluding hydrogens is 292 g/mol. The molecule has 0 saturated heterocycles. The predicted molar refractivity (Wildman–Crippen MR) is 83.6 cm³/mol. The highest BCUT2D eigenvalue weighted by Crippen LogP contribution is 2.34. The summed E-state index contributed by atoms with van der Waals surface area (Å²) >= 11 is 2.54. The van der Waals surface area contributed by atoms with E-state index >= 15 is 0 Å². The van der Waals surface area contributed by atoms with Crippen molar-refractivity contribution in [2.24, 2.45) is 0 Å². The zero-order chi connectivity index (χ0) is 14.3. The largest absolute Gasteiger partial charge is 0.397 e. The predicted octanol–water partition coefficient (Wildman–Crippen LogP) is 3.20. The van der Waals surface area contributed by atoms with E-state index < -0.39 is 0 Å². The number of nitrogens with zero attached hydrogens (tertiary/aromatic N) is 2. The van der Waals surface area contributed by atoms with Gasteiger partial charge in [-0.25, -0.2) is 4.98 Å². The third-order valence-electron chi connectivity index (χ3n) is 2.84. The second-order valence-electron chi connectivity index (χ2n) is 4.45. The van der Waals surface area contributed by atoms with Gasteiger partial charge in [-0.05, 0) is 26.0 Å². The van der Waals surface area contributed by atoms with Gasteiger partial charge in [-0.2, -0.15) is 4.37 Å². The first kappa shape index (κ1) is 13.0.